The largest absolute Gasteiger partial charge is 0.393 e. The van der Waals surface area contributed by atoms with E-state index in [2.05, 4.69) is 20.6 Å². The Hall–Kier alpha value is -2.89. The summed E-state index contributed by atoms with van der Waals surface area (Å²) < 4.78 is 42.4. The number of fused-ring (bicyclic) bond motifs is 1. The number of nitrogens with zero attached hydrogens (tertiary/aromatic N) is 4. The van der Waals surface area contributed by atoms with Gasteiger partial charge in [-0.05, 0) is 50.7 Å². The number of para-hydroxylation sites is 1. The molecule has 3 N–H and O–H groups in total. The minimum Gasteiger partial charge on any atom is -0.393 e. The molecule has 11 heteroatoms. The summed E-state index contributed by atoms with van der Waals surface area (Å²) in [5.74, 6) is -1.05. The Morgan fingerprint density at radius 3 is 2.36 bits per heavy atom. The summed E-state index contributed by atoms with van der Waals surface area (Å²) in [7, 11) is 0. The minimum absolute atomic E-state index is 0.0234. The molecule has 3 heterocycles. The lowest BCUT2D eigenvalue weighted by Crippen LogP contribution is -2.39. The van der Waals surface area contributed by atoms with Crippen molar-refractivity contribution in [1.29, 1.82) is 0 Å². The Morgan fingerprint density at radius 1 is 0.972 bits per heavy atom. The van der Waals surface area contributed by atoms with Gasteiger partial charge in [0.2, 0.25) is 11.9 Å². The number of imidazole rings is 1. The van der Waals surface area contributed by atoms with Crippen LogP contribution in [0.3, 0.4) is 0 Å². The second-order valence-electron chi connectivity index (χ2n) is 9.92. The number of halogens is 2. The van der Waals surface area contributed by atoms with Gasteiger partial charge in [-0.1, -0.05) is 6.07 Å². The lowest BCUT2D eigenvalue weighted by atomic mass is 9.90. The number of benzene rings is 1. The summed E-state index contributed by atoms with van der Waals surface area (Å²) >= 11 is 0. The molecule has 0 unspecified atom stereocenters. The highest BCUT2D eigenvalue weighted by Gasteiger charge is 2.40. The van der Waals surface area contributed by atoms with Gasteiger partial charge in [-0.3, -0.25) is 4.57 Å². The van der Waals surface area contributed by atoms with Crippen molar-refractivity contribution in [3.8, 4) is 0 Å². The summed E-state index contributed by atoms with van der Waals surface area (Å²) in [6.45, 7) is 1.29. The number of aliphatic hydroxyl groups is 1. The number of hydrogen-bond acceptors (Lipinski definition) is 8. The number of nitrogens with one attached hydrogen (secondary N) is 2. The molecular formula is C25H30F2N6O3. The van der Waals surface area contributed by atoms with E-state index in [1.807, 2.05) is 4.57 Å². The zero-order valence-corrected chi connectivity index (χ0v) is 19.9. The summed E-state index contributed by atoms with van der Waals surface area (Å²) in [4.78, 5) is 13.8. The number of hydrogen-bond donors (Lipinski definition) is 3. The predicted molar refractivity (Wildman–Crippen MR) is 129 cm³/mol. The van der Waals surface area contributed by atoms with E-state index in [0.29, 0.717) is 62.0 Å². The van der Waals surface area contributed by atoms with Gasteiger partial charge < -0.3 is 25.2 Å². The molecule has 1 aromatic carbocycles. The van der Waals surface area contributed by atoms with Gasteiger partial charge in [0.1, 0.15) is 22.8 Å². The average Bonchev–Trinajstić information content (AvgIpc) is 3.48. The van der Waals surface area contributed by atoms with Gasteiger partial charge in [0, 0.05) is 24.9 Å². The van der Waals surface area contributed by atoms with Crippen LogP contribution in [-0.4, -0.2) is 55.8 Å². The van der Waals surface area contributed by atoms with Crippen LogP contribution >= 0.6 is 0 Å². The SMILES string of the molecule is OC1CCC(n2c(Nc3c(F)cccc3F)nc3cnc(NC4CCC5(CC4)OCCO5)nc32)CC1. The van der Waals surface area contributed by atoms with E-state index in [9.17, 15) is 13.9 Å². The van der Waals surface area contributed by atoms with Crippen molar-refractivity contribution in [3.63, 3.8) is 0 Å². The molecule has 0 bridgehead atoms. The normalized spacial score (nSPS) is 24.4. The second kappa shape index (κ2) is 9.53. The third kappa shape index (κ3) is 4.51. The van der Waals surface area contributed by atoms with Crippen LogP contribution in [-0.2, 0) is 9.47 Å². The van der Waals surface area contributed by atoms with E-state index in [4.69, 9.17) is 14.5 Å². The zero-order chi connectivity index (χ0) is 24.7. The van der Waals surface area contributed by atoms with Crippen LogP contribution in [0.4, 0.5) is 26.4 Å². The molecule has 0 radical (unpaired) electrons. The Balaban J connectivity index is 1.30. The highest BCUT2D eigenvalue weighted by Crippen LogP contribution is 2.38. The third-order valence-electron chi connectivity index (χ3n) is 7.56. The quantitative estimate of drug-likeness (QED) is 0.473. The van der Waals surface area contributed by atoms with E-state index < -0.39 is 17.4 Å². The maximum Gasteiger partial charge on any atom is 0.224 e. The van der Waals surface area contributed by atoms with E-state index >= 15 is 0 Å². The molecule has 0 atom stereocenters. The Morgan fingerprint density at radius 2 is 1.67 bits per heavy atom. The summed E-state index contributed by atoms with van der Waals surface area (Å²) in [6, 6.07) is 3.89. The lowest BCUT2D eigenvalue weighted by molar-refractivity contribution is -0.177. The zero-order valence-electron chi connectivity index (χ0n) is 19.9. The number of aromatic nitrogens is 4. The van der Waals surface area contributed by atoms with Gasteiger partial charge in [0.05, 0.1) is 25.5 Å². The van der Waals surface area contributed by atoms with Crippen LogP contribution in [0.15, 0.2) is 24.4 Å². The van der Waals surface area contributed by atoms with E-state index in [0.717, 1.165) is 25.7 Å². The first kappa shape index (κ1) is 23.5. The molecule has 0 amide bonds. The molecular weight excluding hydrogens is 470 g/mol. The number of rotatable bonds is 5. The van der Waals surface area contributed by atoms with Crippen LogP contribution in [0.5, 0.6) is 0 Å². The summed E-state index contributed by atoms with van der Waals surface area (Å²) in [5, 5.41) is 16.3. The third-order valence-corrected chi connectivity index (χ3v) is 7.56. The molecule has 2 aliphatic carbocycles. The topological polar surface area (TPSA) is 106 Å². The lowest BCUT2D eigenvalue weighted by Gasteiger charge is -2.35. The van der Waals surface area contributed by atoms with E-state index in [1.165, 1.54) is 18.2 Å². The fraction of sp³-hybridized carbons (Fsp3) is 0.560. The molecule has 3 fully saturated rings. The highest BCUT2D eigenvalue weighted by molar-refractivity contribution is 5.76. The highest BCUT2D eigenvalue weighted by atomic mass is 19.1. The molecule has 6 rings (SSSR count). The van der Waals surface area contributed by atoms with Crippen molar-refractivity contribution in [2.75, 3.05) is 23.8 Å². The molecule has 36 heavy (non-hydrogen) atoms. The molecule has 2 aromatic heterocycles. The molecule has 1 aliphatic heterocycles. The Labute approximate surface area is 207 Å². The van der Waals surface area contributed by atoms with Crippen LogP contribution in [0.25, 0.3) is 11.2 Å². The van der Waals surface area contributed by atoms with Crippen molar-refractivity contribution in [3.05, 3.63) is 36.0 Å². The van der Waals surface area contributed by atoms with Crippen molar-refractivity contribution in [2.24, 2.45) is 0 Å². The summed E-state index contributed by atoms with van der Waals surface area (Å²) in [6.07, 6.45) is 7.37. The molecule has 1 spiro atoms. The fourth-order valence-electron chi connectivity index (χ4n) is 5.61. The molecule has 2 saturated carbocycles. The first-order chi connectivity index (χ1) is 17.5. The van der Waals surface area contributed by atoms with Crippen molar-refractivity contribution in [1.82, 2.24) is 19.5 Å². The Kier molecular flexibility index (Phi) is 6.22. The van der Waals surface area contributed by atoms with Gasteiger partial charge >= 0.3 is 0 Å². The molecule has 9 nitrogen and oxygen atoms in total. The van der Waals surface area contributed by atoms with Crippen LogP contribution in [0.2, 0.25) is 0 Å². The maximum absolute atomic E-state index is 14.4. The van der Waals surface area contributed by atoms with Gasteiger partial charge in [0.25, 0.3) is 0 Å². The van der Waals surface area contributed by atoms with Crippen LogP contribution in [0, 0.1) is 11.6 Å². The second-order valence-corrected chi connectivity index (χ2v) is 9.92. The van der Waals surface area contributed by atoms with Gasteiger partial charge in [0.15, 0.2) is 11.4 Å². The molecule has 192 valence electrons. The van der Waals surface area contributed by atoms with E-state index in [-0.39, 0.29) is 23.9 Å². The molecule has 3 aliphatic rings. The van der Waals surface area contributed by atoms with Crippen molar-refractivity contribution < 1.29 is 23.4 Å². The first-order valence-electron chi connectivity index (χ1n) is 12.7. The molecule has 3 aromatic rings. The van der Waals surface area contributed by atoms with Crippen LogP contribution < -0.4 is 10.6 Å². The standard InChI is InChI=1S/C25H30F2N6O3/c26-18-2-1-3-19(27)21(18)31-24-30-20-14-28-23(29-15-8-10-25(11-9-15)35-12-13-36-25)32-22(20)33(24)16-4-6-17(34)7-5-16/h1-3,14-17,34H,4-13H2,(H,30,31)(H,28,29,32). The number of aliphatic hydroxyl groups excluding tert-OH is 1. The summed E-state index contributed by atoms with van der Waals surface area (Å²) in [5.41, 5.74) is 0.854. The maximum atomic E-state index is 14.4. The fourth-order valence-corrected chi connectivity index (χ4v) is 5.61. The van der Waals surface area contributed by atoms with Gasteiger partial charge in [-0.15, -0.1) is 0 Å². The predicted octanol–water partition coefficient (Wildman–Crippen LogP) is 4.42. The van der Waals surface area contributed by atoms with Gasteiger partial charge in [-0.2, -0.15) is 4.98 Å². The van der Waals surface area contributed by atoms with Crippen molar-refractivity contribution >= 4 is 28.7 Å². The van der Waals surface area contributed by atoms with Crippen LogP contribution in [0.1, 0.15) is 57.4 Å². The van der Waals surface area contributed by atoms with E-state index in [1.54, 1.807) is 6.20 Å². The smallest absolute Gasteiger partial charge is 0.224 e. The minimum atomic E-state index is -0.702. The molecule has 1 saturated heterocycles. The average molecular weight is 501 g/mol. The number of ether oxygens (including phenoxy) is 2. The number of anilines is 3. The van der Waals surface area contributed by atoms with Crippen molar-refractivity contribution in [2.45, 2.75) is 75.3 Å². The first-order valence-corrected chi connectivity index (χ1v) is 12.7. The monoisotopic (exact) mass is 500 g/mol. The Bertz CT molecular complexity index is 1210. The van der Waals surface area contributed by atoms with Gasteiger partial charge in [-0.25, -0.2) is 18.7 Å².